The molecule has 582 valence electrons. The molecule has 3 heterocycles. The topological polar surface area (TPSA) is 279 Å². The van der Waals surface area contributed by atoms with E-state index < -0.39 is 158 Å². The second-order valence-corrected chi connectivity index (χ2v) is 28.3. The maximum Gasteiger partial charge on any atom is 0.407 e. The van der Waals surface area contributed by atoms with E-state index in [1.807, 2.05) is 91.0 Å². The number of rotatable bonds is 31. The number of ether oxygens (including phenoxy) is 16. The Morgan fingerprint density at radius 1 is 0.330 bits per heavy atom. The van der Waals surface area contributed by atoms with Gasteiger partial charge in [0.05, 0.1) is 59.8 Å². The van der Waals surface area contributed by atoms with Gasteiger partial charge in [-0.15, -0.1) is 0 Å². The molecule has 3 saturated heterocycles. The van der Waals surface area contributed by atoms with Crippen LogP contribution in [0.25, 0.3) is 0 Å². The van der Waals surface area contributed by atoms with Crippen LogP contribution in [0.5, 0.6) is 0 Å². The number of alkyl carbamates (subject to hydrolysis) is 1. The van der Waals surface area contributed by atoms with Crippen LogP contribution in [-0.4, -0.2) is 171 Å². The van der Waals surface area contributed by atoms with Crippen LogP contribution in [-0.2, 0) is 95.6 Å². The van der Waals surface area contributed by atoms with Crippen molar-refractivity contribution in [1.29, 1.82) is 0 Å². The van der Waals surface area contributed by atoms with Crippen molar-refractivity contribution < 1.29 is 109 Å². The molecule has 0 bridgehead atoms. The molecule has 3 aliphatic rings. The summed E-state index contributed by atoms with van der Waals surface area (Å²) in [6.07, 6.45) is -25.9. The van der Waals surface area contributed by atoms with E-state index in [2.05, 4.69) is 5.32 Å². The van der Waals surface area contributed by atoms with Gasteiger partial charge in [0.25, 0.3) is 0 Å². The smallest absolute Gasteiger partial charge is 0.407 e. The van der Waals surface area contributed by atoms with E-state index in [0.29, 0.717) is 11.1 Å². The number of amides is 1. The van der Waals surface area contributed by atoms with Gasteiger partial charge in [0.1, 0.15) is 68.6 Å². The van der Waals surface area contributed by atoms with Crippen LogP contribution in [0.3, 0.4) is 0 Å². The Morgan fingerprint density at radius 2 is 0.661 bits per heavy atom. The molecule has 9 aromatic carbocycles. The van der Waals surface area contributed by atoms with Gasteiger partial charge in [0.15, 0.2) is 43.3 Å². The summed E-state index contributed by atoms with van der Waals surface area (Å²) in [5.74, 6) is -6.04. The number of alkyl halides is 3. The minimum Gasteiger partial charge on any atom is -0.459 e. The minimum absolute atomic E-state index is 0.00146. The molecule has 0 aromatic heterocycles. The third-order valence-corrected chi connectivity index (χ3v) is 18.4. The van der Waals surface area contributed by atoms with E-state index >= 15 is 9.59 Å². The first-order chi connectivity index (χ1) is 54.5. The Kier molecular flexibility index (Phi) is 29.1. The van der Waals surface area contributed by atoms with Gasteiger partial charge in [-0.3, -0.25) is 0 Å². The molecule has 9 aromatic rings. The maximum atomic E-state index is 15.4. The number of esters is 6. The van der Waals surface area contributed by atoms with E-state index in [0.717, 1.165) is 5.56 Å². The summed E-state index contributed by atoms with van der Waals surface area (Å²) in [5, 5.41) is 2.74. The first kappa shape index (κ1) is 81.1. The number of methoxy groups -OCH3 is 1. The van der Waals surface area contributed by atoms with Crippen LogP contribution in [0.1, 0.15) is 78.8 Å². The molecule has 0 spiro atoms. The second kappa shape index (κ2) is 40.2. The van der Waals surface area contributed by atoms with Gasteiger partial charge in [-0.1, -0.05) is 235 Å². The van der Waals surface area contributed by atoms with Crippen LogP contribution in [0.2, 0.25) is 0 Å². The van der Waals surface area contributed by atoms with Crippen LogP contribution < -0.4 is 5.32 Å². The summed E-state index contributed by atoms with van der Waals surface area (Å²) in [4.78, 5) is 104. The average molecular weight is 1590 g/mol. The van der Waals surface area contributed by atoms with Crippen molar-refractivity contribution in [2.45, 2.75) is 116 Å². The number of benzene rings is 9. The highest BCUT2D eigenvalue weighted by Crippen LogP contribution is 2.40. The average Bonchev–Trinajstić information content (AvgIpc) is 0.762. The van der Waals surface area contributed by atoms with Crippen LogP contribution in [0.4, 0.5) is 4.79 Å². The molecule has 0 saturated carbocycles. The fourth-order valence-corrected chi connectivity index (χ4v) is 12.8. The van der Waals surface area contributed by atoms with Gasteiger partial charge in [-0.2, -0.15) is 0 Å². The van der Waals surface area contributed by atoms with Crippen molar-refractivity contribution >= 4 is 76.7 Å². The number of halogens is 3. The minimum atomic E-state index is -2.22. The third-order valence-electron chi connectivity index (χ3n) is 18.0. The van der Waals surface area contributed by atoms with Gasteiger partial charge in [-0.25, -0.2) is 33.6 Å². The zero-order valence-electron chi connectivity index (χ0n) is 60.1. The molecule has 3 aliphatic heterocycles. The second-order valence-electron chi connectivity index (χ2n) is 25.8. The number of carbonyl (C=O) groups excluding carboxylic acids is 7. The normalized spacial score (nSPS) is 23.5. The van der Waals surface area contributed by atoms with Crippen LogP contribution >= 0.6 is 34.8 Å². The molecular formula is C85H78Cl3NO23. The number of nitrogens with one attached hydrogen (secondary N) is 1. The lowest BCUT2D eigenvalue weighted by Crippen LogP contribution is -2.71. The van der Waals surface area contributed by atoms with Crippen LogP contribution in [0.15, 0.2) is 273 Å². The maximum absolute atomic E-state index is 15.4. The molecule has 1 N–H and O–H groups in total. The van der Waals surface area contributed by atoms with E-state index in [1.54, 1.807) is 109 Å². The fraction of sp³-hybridized carbons (Fsp3) is 0.282. The summed E-state index contributed by atoms with van der Waals surface area (Å²) in [6, 6.07) is 72.1. The molecule has 24 nitrogen and oxygen atoms in total. The summed E-state index contributed by atoms with van der Waals surface area (Å²) in [7, 11) is 1.39. The third kappa shape index (κ3) is 22.5. The largest absolute Gasteiger partial charge is 0.459 e. The van der Waals surface area contributed by atoms with Gasteiger partial charge in [0.2, 0.25) is 3.79 Å². The number of hydrogen-bond acceptors (Lipinski definition) is 23. The Hall–Kier alpha value is -10.4. The molecule has 0 radical (unpaired) electrons. The predicted molar refractivity (Wildman–Crippen MR) is 403 cm³/mol. The number of hydrogen-bond donors (Lipinski definition) is 1. The molecule has 3 fully saturated rings. The molecule has 0 aliphatic carbocycles. The van der Waals surface area contributed by atoms with Crippen LogP contribution in [0, 0.1) is 0 Å². The van der Waals surface area contributed by atoms with Crippen molar-refractivity contribution in [3.63, 3.8) is 0 Å². The summed E-state index contributed by atoms with van der Waals surface area (Å²) in [5.41, 5.74) is 2.23. The zero-order valence-corrected chi connectivity index (χ0v) is 62.4. The van der Waals surface area contributed by atoms with Crippen molar-refractivity contribution in [1.82, 2.24) is 5.32 Å². The Labute approximate surface area is 660 Å². The highest BCUT2D eigenvalue weighted by atomic mass is 35.6. The van der Waals surface area contributed by atoms with Crippen molar-refractivity contribution in [2.24, 2.45) is 0 Å². The highest BCUT2D eigenvalue weighted by molar-refractivity contribution is 6.67. The Balaban J connectivity index is 1.04. The van der Waals surface area contributed by atoms with Gasteiger partial charge in [0, 0.05) is 7.11 Å². The highest BCUT2D eigenvalue weighted by Gasteiger charge is 2.60. The molecule has 12 rings (SSSR count). The van der Waals surface area contributed by atoms with Crippen molar-refractivity contribution in [3.8, 4) is 0 Å². The Morgan fingerprint density at radius 3 is 1.08 bits per heavy atom. The SMILES string of the molecule is CO[C@@H]1O[C@H](COCc2ccccc2)[C@H](OCc2ccccc2)[C@H](O[C@@H]2O[C@H](COC(=O)c3ccccc3)[C@@H](O[C@@H]3O[C@H](COC(=O)c4ccccc4)[C@H](OC(=O)c4ccccc4)[C@H](OC(=O)c4ccccc4)[C@H]3OC(=O)c3ccccc3)[C@H](OC(=O)c3ccccc3)[C@H]2NC(=O)OCC(Cl)(Cl)Cl)[C@H]1OCc1ccccc1. The predicted octanol–water partition coefficient (Wildman–Crippen LogP) is 13.0. The van der Waals surface area contributed by atoms with E-state index in [1.165, 1.54) is 79.9 Å². The van der Waals surface area contributed by atoms with E-state index in [4.69, 9.17) is 111 Å². The van der Waals surface area contributed by atoms with Gasteiger partial charge >= 0.3 is 41.9 Å². The van der Waals surface area contributed by atoms with Gasteiger partial charge in [-0.05, 0) is 89.5 Å². The molecule has 15 atom stereocenters. The molecular weight excluding hydrogens is 1510 g/mol. The van der Waals surface area contributed by atoms with Crippen molar-refractivity contribution in [3.05, 3.63) is 323 Å². The summed E-state index contributed by atoms with van der Waals surface area (Å²) >= 11 is 18.8. The van der Waals surface area contributed by atoms with Crippen molar-refractivity contribution in [2.75, 3.05) is 33.5 Å². The first-order valence-electron chi connectivity index (χ1n) is 35.7. The standard InChI is InChI=1S/C85H78Cl3NO23/c1-97-82-73(100-49-56-33-15-4-16-34-56)71(67(99-48-55-31-13-3-14-32-55)63(105-82)50-98-47-54-29-11-2-12-30-54)112-81-66(89-84(96)103-53-85(86,87)88)70(108-78(93)60-41-23-8-24-42-60)68(64(104-81)51-101-75(90)57-35-17-5-18-36-57)111-83-74(110-80(95)62-45-27-10-28-46-62)72(109-79(94)61-43-25-9-26-44-61)69(107-77(92)59-39-21-7-22-40-59)65(106-83)52-102-76(91)58-37-19-6-20-38-58/h2-46,63-74,81-83H,47-53H2,1H3,(H,89,96)/t63-,64-,65-,66-,67+,68-,69+,70-,71+,72+,73-,74-,81+,82-,83+/m1/s1. The molecule has 27 heteroatoms. The first-order valence-corrected chi connectivity index (χ1v) is 36.9. The zero-order chi connectivity index (χ0) is 78.2. The quantitative estimate of drug-likeness (QED) is 0.0240. The monoisotopic (exact) mass is 1590 g/mol. The molecule has 0 unspecified atom stereocenters. The lowest BCUT2D eigenvalue weighted by atomic mass is 9.93. The Bertz CT molecular complexity index is 4480. The number of carbonyl (C=O) groups is 7. The lowest BCUT2D eigenvalue weighted by molar-refractivity contribution is -0.371. The fourth-order valence-electron chi connectivity index (χ4n) is 12.6. The molecule has 112 heavy (non-hydrogen) atoms. The lowest BCUT2D eigenvalue weighted by Gasteiger charge is -2.51. The van der Waals surface area contributed by atoms with Gasteiger partial charge < -0.3 is 81.1 Å². The molecule has 1 amide bonds. The summed E-state index contributed by atoms with van der Waals surface area (Å²) < 4.78 is 104. The van der Waals surface area contributed by atoms with E-state index in [9.17, 15) is 24.0 Å². The van der Waals surface area contributed by atoms with E-state index in [-0.39, 0.29) is 59.8 Å². The summed E-state index contributed by atoms with van der Waals surface area (Å²) in [6.45, 7) is -2.78.